The lowest BCUT2D eigenvalue weighted by atomic mass is 9.96. The fourth-order valence-corrected chi connectivity index (χ4v) is 5.36. The topological polar surface area (TPSA) is 44.6 Å². The van der Waals surface area contributed by atoms with E-state index in [0.29, 0.717) is 5.91 Å². The number of imidazole rings is 1. The van der Waals surface area contributed by atoms with E-state index in [9.17, 15) is 4.79 Å². The molecule has 0 saturated carbocycles. The molecule has 0 N–H and O–H groups in total. The second kappa shape index (κ2) is 9.33. The first-order valence-corrected chi connectivity index (χ1v) is 12.3. The van der Waals surface area contributed by atoms with Crippen molar-refractivity contribution >= 4 is 32.9 Å². The van der Waals surface area contributed by atoms with Gasteiger partial charge in [0.2, 0.25) is 5.91 Å². The number of nitrogens with zero attached hydrogens (tertiary/aromatic N) is 5. The number of fused-ring (bicyclic) bond motifs is 1. The zero-order chi connectivity index (χ0) is 22.1. The minimum absolute atomic E-state index is 0.0934. The Balaban J connectivity index is 1.37. The number of halogens is 1. The lowest BCUT2D eigenvalue weighted by Crippen LogP contribution is -2.51. The third kappa shape index (κ3) is 4.47. The number of likely N-dealkylation sites (N-methyl/N-ethyl adjacent to an activating group) is 1. The van der Waals surface area contributed by atoms with Crippen molar-refractivity contribution in [3.63, 3.8) is 0 Å². The van der Waals surface area contributed by atoms with Gasteiger partial charge in [0.15, 0.2) is 0 Å². The van der Waals surface area contributed by atoms with Crippen LogP contribution in [0.2, 0.25) is 0 Å². The molecule has 0 bridgehead atoms. The van der Waals surface area contributed by atoms with Gasteiger partial charge in [-0.15, -0.1) is 0 Å². The third-order valence-corrected chi connectivity index (χ3v) is 7.22. The summed E-state index contributed by atoms with van der Waals surface area (Å²) in [5, 5.41) is 0. The smallest absolute Gasteiger partial charge is 0.227 e. The van der Waals surface area contributed by atoms with E-state index < -0.39 is 0 Å². The zero-order valence-electron chi connectivity index (χ0n) is 18.6. The van der Waals surface area contributed by atoms with Crippen molar-refractivity contribution in [1.29, 1.82) is 0 Å². The molecular formula is C25H30BrN5O. The Morgan fingerprint density at radius 1 is 1.06 bits per heavy atom. The normalized spacial score (nSPS) is 20.7. The van der Waals surface area contributed by atoms with E-state index in [1.807, 2.05) is 12.1 Å². The van der Waals surface area contributed by atoms with Crippen LogP contribution in [0.5, 0.6) is 0 Å². The maximum absolute atomic E-state index is 13.2. The number of hydrogen-bond donors (Lipinski definition) is 0. The lowest BCUT2D eigenvalue weighted by Gasteiger charge is -2.38. The van der Waals surface area contributed by atoms with Crippen LogP contribution in [-0.4, -0.2) is 76.5 Å². The molecule has 5 rings (SSSR count). The molecule has 1 amide bonds. The Morgan fingerprint density at radius 3 is 2.69 bits per heavy atom. The van der Waals surface area contributed by atoms with E-state index in [1.54, 1.807) is 0 Å². The summed E-state index contributed by atoms with van der Waals surface area (Å²) in [6, 6.07) is 16.7. The molecule has 2 saturated heterocycles. The van der Waals surface area contributed by atoms with Crippen LogP contribution in [0.25, 0.3) is 16.7 Å². The monoisotopic (exact) mass is 495 g/mol. The van der Waals surface area contributed by atoms with Crippen molar-refractivity contribution in [1.82, 2.24) is 24.3 Å². The summed E-state index contributed by atoms with van der Waals surface area (Å²) in [6.45, 7) is 6.21. The van der Waals surface area contributed by atoms with Gasteiger partial charge < -0.3 is 9.80 Å². The van der Waals surface area contributed by atoms with Gasteiger partial charge in [0, 0.05) is 42.9 Å². The Hall–Kier alpha value is -2.22. The number of amides is 1. The van der Waals surface area contributed by atoms with Crippen LogP contribution in [0.1, 0.15) is 18.7 Å². The molecule has 3 heterocycles. The third-order valence-electron chi connectivity index (χ3n) is 6.73. The molecule has 3 aromatic rings. The first kappa shape index (κ1) is 21.6. The van der Waals surface area contributed by atoms with Crippen molar-refractivity contribution in [2.45, 2.75) is 19.4 Å². The molecule has 168 valence electrons. The average molecular weight is 496 g/mol. The molecule has 7 heteroatoms. The zero-order valence-corrected chi connectivity index (χ0v) is 20.2. The summed E-state index contributed by atoms with van der Waals surface area (Å²) in [5.41, 5.74) is 3.22. The summed E-state index contributed by atoms with van der Waals surface area (Å²) < 4.78 is 3.31. The van der Waals surface area contributed by atoms with Gasteiger partial charge in [-0.05, 0) is 56.8 Å². The SMILES string of the molecule is CN1CCN(C(=O)[C@@H]2CCCN(Cc3nc4ccccc4n3-c3cccc(Br)c3)C2)CC1. The number of piperazine rings is 1. The molecule has 1 aromatic heterocycles. The Kier molecular flexibility index (Phi) is 6.31. The summed E-state index contributed by atoms with van der Waals surface area (Å²) in [6.07, 6.45) is 2.05. The van der Waals surface area contributed by atoms with Crippen LogP contribution in [0.4, 0.5) is 0 Å². The molecule has 2 fully saturated rings. The highest BCUT2D eigenvalue weighted by molar-refractivity contribution is 9.10. The number of benzene rings is 2. The van der Waals surface area contributed by atoms with E-state index in [2.05, 4.69) is 78.6 Å². The minimum atomic E-state index is 0.0934. The highest BCUT2D eigenvalue weighted by Gasteiger charge is 2.31. The van der Waals surface area contributed by atoms with Crippen molar-refractivity contribution in [3.8, 4) is 5.69 Å². The number of rotatable bonds is 4. The van der Waals surface area contributed by atoms with E-state index in [4.69, 9.17) is 4.98 Å². The number of likely N-dealkylation sites (tertiary alicyclic amines) is 1. The number of carbonyl (C=O) groups is 1. The Bertz CT molecular complexity index is 1100. The molecule has 0 radical (unpaired) electrons. The maximum atomic E-state index is 13.2. The van der Waals surface area contributed by atoms with Crippen LogP contribution < -0.4 is 0 Å². The molecular weight excluding hydrogens is 466 g/mol. The van der Waals surface area contributed by atoms with Crippen LogP contribution in [0.3, 0.4) is 0 Å². The van der Waals surface area contributed by atoms with Crippen LogP contribution in [0, 0.1) is 5.92 Å². The van der Waals surface area contributed by atoms with Gasteiger partial charge in [-0.1, -0.05) is 34.1 Å². The number of aromatic nitrogens is 2. The fraction of sp³-hybridized carbons (Fsp3) is 0.440. The van der Waals surface area contributed by atoms with E-state index in [1.165, 1.54) is 0 Å². The maximum Gasteiger partial charge on any atom is 0.227 e. The molecule has 32 heavy (non-hydrogen) atoms. The van der Waals surface area contributed by atoms with Crippen molar-refractivity contribution in [2.75, 3.05) is 46.3 Å². The standard InChI is InChI=1S/C25H30BrN5O/c1-28-12-14-30(15-13-28)25(32)19-6-5-11-29(17-19)18-24-27-22-9-2-3-10-23(22)31(24)21-8-4-7-20(26)16-21/h2-4,7-10,16,19H,5-6,11-15,17-18H2,1H3/t19-/m1/s1. The second-order valence-electron chi connectivity index (χ2n) is 9.03. The van der Waals surface area contributed by atoms with E-state index >= 15 is 0 Å². The van der Waals surface area contributed by atoms with Crippen LogP contribution in [0.15, 0.2) is 53.0 Å². The molecule has 1 atom stereocenters. The van der Waals surface area contributed by atoms with Gasteiger partial charge in [0.25, 0.3) is 0 Å². The Labute approximate surface area is 197 Å². The predicted molar refractivity (Wildman–Crippen MR) is 131 cm³/mol. The number of para-hydroxylation sites is 2. The second-order valence-corrected chi connectivity index (χ2v) is 9.95. The lowest BCUT2D eigenvalue weighted by molar-refractivity contribution is -0.139. The van der Waals surface area contributed by atoms with Gasteiger partial charge in [0.05, 0.1) is 23.5 Å². The molecule has 6 nitrogen and oxygen atoms in total. The average Bonchev–Trinajstić information content (AvgIpc) is 3.17. The molecule has 2 aliphatic rings. The summed E-state index contributed by atoms with van der Waals surface area (Å²) >= 11 is 3.61. The van der Waals surface area contributed by atoms with E-state index in [-0.39, 0.29) is 5.92 Å². The number of hydrogen-bond acceptors (Lipinski definition) is 4. The van der Waals surface area contributed by atoms with Crippen LogP contribution >= 0.6 is 15.9 Å². The summed E-state index contributed by atoms with van der Waals surface area (Å²) in [4.78, 5) is 24.9. The van der Waals surface area contributed by atoms with Gasteiger partial charge >= 0.3 is 0 Å². The summed E-state index contributed by atoms with van der Waals surface area (Å²) in [7, 11) is 2.13. The van der Waals surface area contributed by atoms with Crippen molar-refractivity contribution in [2.24, 2.45) is 5.92 Å². The van der Waals surface area contributed by atoms with Crippen molar-refractivity contribution in [3.05, 3.63) is 58.8 Å². The van der Waals surface area contributed by atoms with Gasteiger partial charge in [-0.2, -0.15) is 0 Å². The highest BCUT2D eigenvalue weighted by atomic mass is 79.9. The Morgan fingerprint density at radius 2 is 1.88 bits per heavy atom. The summed E-state index contributed by atoms with van der Waals surface area (Å²) in [5.74, 6) is 1.45. The molecule has 0 aliphatic carbocycles. The molecule has 2 aromatic carbocycles. The minimum Gasteiger partial charge on any atom is -0.340 e. The fourth-order valence-electron chi connectivity index (χ4n) is 4.97. The molecule has 0 unspecified atom stereocenters. The first-order valence-electron chi connectivity index (χ1n) is 11.5. The van der Waals surface area contributed by atoms with Crippen LogP contribution in [-0.2, 0) is 11.3 Å². The highest BCUT2D eigenvalue weighted by Crippen LogP contribution is 2.26. The molecule has 0 spiro atoms. The quantitative estimate of drug-likeness (QED) is 0.552. The molecule has 2 aliphatic heterocycles. The predicted octanol–water partition coefficient (Wildman–Crippen LogP) is 3.77. The number of piperidine rings is 1. The largest absolute Gasteiger partial charge is 0.340 e. The first-order chi connectivity index (χ1) is 15.6. The van der Waals surface area contributed by atoms with Gasteiger partial charge in [-0.3, -0.25) is 14.3 Å². The number of carbonyl (C=O) groups excluding carboxylic acids is 1. The van der Waals surface area contributed by atoms with E-state index in [0.717, 1.165) is 85.7 Å². The van der Waals surface area contributed by atoms with Gasteiger partial charge in [-0.25, -0.2) is 4.98 Å². The van der Waals surface area contributed by atoms with Gasteiger partial charge in [0.1, 0.15) is 5.82 Å². The van der Waals surface area contributed by atoms with Crippen molar-refractivity contribution < 1.29 is 4.79 Å².